The normalized spacial score (nSPS) is 21.3. The van der Waals surface area contributed by atoms with Crippen molar-refractivity contribution in [2.75, 3.05) is 26.2 Å². The van der Waals surface area contributed by atoms with Crippen molar-refractivity contribution in [1.82, 2.24) is 9.80 Å². The summed E-state index contributed by atoms with van der Waals surface area (Å²) in [5, 5.41) is 0. The van der Waals surface area contributed by atoms with Crippen LogP contribution in [0.4, 0.5) is 13.6 Å². The highest BCUT2D eigenvalue weighted by molar-refractivity contribution is 5.70. The first-order valence-electron chi connectivity index (χ1n) is 12.3. The van der Waals surface area contributed by atoms with Gasteiger partial charge in [0.1, 0.15) is 17.2 Å². The van der Waals surface area contributed by atoms with Crippen LogP contribution in [-0.4, -0.2) is 42.1 Å². The van der Waals surface area contributed by atoms with Crippen molar-refractivity contribution in [3.05, 3.63) is 95.6 Å². The zero-order valence-electron chi connectivity index (χ0n) is 19.9. The maximum absolute atomic E-state index is 13.6. The van der Waals surface area contributed by atoms with Crippen molar-refractivity contribution in [2.45, 2.75) is 37.8 Å². The third-order valence-corrected chi connectivity index (χ3v) is 7.46. The standard InChI is InChI=1S/C29H30F2N2O2/c1-21(22-3-5-23(6-4-22)24-7-11-26(30)12-8-24)33-20-16-29(35-28(33)34,15-19-32-17-2-18-32)25-9-13-27(31)14-10-25/h3-14,21H,2,15-20H2,1H3/t21-,29?/m0/s1. The molecule has 0 N–H and O–H groups in total. The maximum Gasteiger partial charge on any atom is 0.411 e. The molecule has 0 radical (unpaired) electrons. The van der Waals surface area contributed by atoms with Crippen molar-refractivity contribution < 1.29 is 18.3 Å². The first-order chi connectivity index (χ1) is 16.9. The number of carbonyl (C=O) groups is 1. The summed E-state index contributed by atoms with van der Waals surface area (Å²) in [5.74, 6) is -0.558. The van der Waals surface area contributed by atoms with Gasteiger partial charge in [-0.05, 0) is 73.0 Å². The highest BCUT2D eigenvalue weighted by Gasteiger charge is 2.43. The molecule has 1 amide bonds. The number of cyclic esters (lactones) is 1. The second kappa shape index (κ2) is 9.78. The number of rotatable bonds is 7. The Balaban J connectivity index is 1.31. The molecule has 0 saturated carbocycles. The van der Waals surface area contributed by atoms with Crippen LogP contribution in [0.15, 0.2) is 72.8 Å². The van der Waals surface area contributed by atoms with Crippen LogP contribution < -0.4 is 0 Å². The van der Waals surface area contributed by atoms with Crippen LogP contribution >= 0.6 is 0 Å². The number of halogens is 2. The van der Waals surface area contributed by atoms with E-state index >= 15 is 0 Å². The second-order valence-corrected chi connectivity index (χ2v) is 9.56. The highest BCUT2D eigenvalue weighted by atomic mass is 19.1. The van der Waals surface area contributed by atoms with E-state index in [1.807, 2.05) is 31.2 Å². The molecular weight excluding hydrogens is 446 g/mol. The highest BCUT2D eigenvalue weighted by Crippen LogP contribution is 2.40. The largest absolute Gasteiger partial charge is 0.438 e. The number of carbonyl (C=O) groups excluding carboxylic acids is 1. The molecule has 5 rings (SSSR count). The SMILES string of the molecule is C[C@@H](c1ccc(-c2ccc(F)cc2)cc1)N1CCC(CCN2CCC2)(c2ccc(F)cc2)OC1=O. The van der Waals surface area contributed by atoms with Crippen molar-refractivity contribution in [3.63, 3.8) is 0 Å². The molecule has 0 aliphatic carbocycles. The third kappa shape index (κ3) is 4.94. The van der Waals surface area contributed by atoms with E-state index in [0.29, 0.717) is 19.4 Å². The summed E-state index contributed by atoms with van der Waals surface area (Å²) in [7, 11) is 0. The average molecular weight is 477 g/mol. The van der Waals surface area contributed by atoms with Crippen LogP contribution in [0.25, 0.3) is 11.1 Å². The Kier molecular flexibility index (Phi) is 6.56. The van der Waals surface area contributed by atoms with E-state index < -0.39 is 5.60 Å². The van der Waals surface area contributed by atoms with Crippen molar-refractivity contribution in [1.29, 1.82) is 0 Å². The number of likely N-dealkylation sites (tertiary alicyclic amines) is 1. The monoisotopic (exact) mass is 476 g/mol. The van der Waals surface area contributed by atoms with E-state index in [0.717, 1.165) is 41.9 Å². The zero-order valence-corrected chi connectivity index (χ0v) is 19.9. The van der Waals surface area contributed by atoms with Crippen LogP contribution in [0.1, 0.15) is 43.4 Å². The van der Waals surface area contributed by atoms with Crippen molar-refractivity contribution in [2.24, 2.45) is 0 Å². The van der Waals surface area contributed by atoms with E-state index in [-0.39, 0.29) is 23.8 Å². The van der Waals surface area contributed by atoms with Gasteiger partial charge < -0.3 is 14.5 Å². The Morgan fingerprint density at radius 2 is 1.43 bits per heavy atom. The molecule has 0 spiro atoms. The first-order valence-corrected chi connectivity index (χ1v) is 12.3. The van der Waals surface area contributed by atoms with Crippen LogP contribution in [0.2, 0.25) is 0 Å². The molecule has 2 aliphatic rings. The predicted octanol–water partition coefficient (Wildman–Crippen LogP) is 6.53. The summed E-state index contributed by atoms with van der Waals surface area (Å²) in [6.45, 7) is 5.55. The molecule has 2 saturated heterocycles. The van der Waals surface area contributed by atoms with Crippen molar-refractivity contribution >= 4 is 6.09 Å². The summed E-state index contributed by atoms with van der Waals surface area (Å²) in [6, 6.07) is 20.6. The summed E-state index contributed by atoms with van der Waals surface area (Å²) >= 11 is 0. The molecule has 182 valence electrons. The maximum atomic E-state index is 13.6. The summed E-state index contributed by atoms with van der Waals surface area (Å²) < 4.78 is 33.0. The quantitative estimate of drug-likeness (QED) is 0.389. The Morgan fingerprint density at radius 1 is 0.857 bits per heavy atom. The average Bonchev–Trinajstić information content (AvgIpc) is 2.84. The molecule has 2 fully saturated rings. The number of ether oxygens (including phenoxy) is 1. The van der Waals surface area contributed by atoms with Gasteiger partial charge >= 0.3 is 6.09 Å². The lowest BCUT2D eigenvalue weighted by Crippen LogP contribution is -2.50. The lowest BCUT2D eigenvalue weighted by molar-refractivity contribution is -0.0712. The Bertz CT molecular complexity index is 1160. The van der Waals surface area contributed by atoms with E-state index in [1.54, 1.807) is 29.2 Å². The van der Waals surface area contributed by atoms with Crippen LogP contribution in [0, 0.1) is 11.6 Å². The first kappa shape index (κ1) is 23.5. The molecule has 2 aliphatic heterocycles. The van der Waals surface area contributed by atoms with Gasteiger partial charge in [-0.15, -0.1) is 0 Å². The van der Waals surface area contributed by atoms with Crippen molar-refractivity contribution in [3.8, 4) is 11.1 Å². The van der Waals surface area contributed by atoms with Gasteiger partial charge in [-0.3, -0.25) is 0 Å². The molecule has 0 bridgehead atoms. The zero-order chi connectivity index (χ0) is 24.4. The minimum absolute atomic E-state index is 0.161. The molecular formula is C29H30F2N2O2. The van der Waals surface area contributed by atoms with Gasteiger partial charge in [-0.25, -0.2) is 13.6 Å². The lowest BCUT2D eigenvalue weighted by atomic mass is 9.85. The van der Waals surface area contributed by atoms with Gasteiger partial charge in [0.15, 0.2) is 0 Å². The van der Waals surface area contributed by atoms with E-state index in [2.05, 4.69) is 4.90 Å². The minimum atomic E-state index is -0.747. The van der Waals surface area contributed by atoms with E-state index in [1.165, 1.54) is 30.7 Å². The molecule has 0 aromatic heterocycles. The van der Waals surface area contributed by atoms with Gasteiger partial charge in [-0.2, -0.15) is 0 Å². The molecule has 1 unspecified atom stereocenters. The fraction of sp³-hybridized carbons (Fsp3) is 0.345. The topological polar surface area (TPSA) is 32.8 Å². The van der Waals surface area contributed by atoms with Gasteiger partial charge in [0.2, 0.25) is 0 Å². The molecule has 35 heavy (non-hydrogen) atoms. The Labute approximate surface area is 205 Å². The second-order valence-electron chi connectivity index (χ2n) is 9.56. The Morgan fingerprint density at radius 3 is 1.97 bits per heavy atom. The van der Waals surface area contributed by atoms with Crippen LogP contribution in [-0.2, 0) is 10.3 Å². The fourth-order valence-corrected chi connectivity index (χ4v) is 5.02. The van der Waals surface area contributed by atoms with Gasteiger partial charge in [0.05, 0.1) is 6.04 Å². The van der Waals surface area contributed by atoms with Crippen LogP contribution in [0.5, 0.6) is 0 Å². The fourth-order valence-electron chi connectivity index (χ4n) is 5.02. The summed E-state index contributed by atoms with van der Waals surface area (Å²) in [6.07, 6.45) is 2.20. The van der Waals surface area contributed by atoms with Gasteiger partial charge in [-0.1, -0.05) is 48.5 Å². The third-order valence-electron chi connectivity index (χ3n) is 7.46. The number of hydrogen-bond acceptors (Lipinski definition) is 3. The summed E-state index contributed by atoms with van der Waals surface area (Å²) in [5.41, 5.74) is 3.03. The molecule has 3 aromatic rings. The van der Waals surface area contributed by atoms with Gasteiger partial charge in [0, 0.05) is 25.9 Å². The number of nitrogens with zero attached hydrogens (tertiary/aromatic N) is 2. The van der Waals surface area contributed by atoms with E-state index in [4.69, 9.17) is 4.74 Å². The van der Waals surface area contributed by atoms with E-state index in [9.17, 15) is 13.6 Å². The summed E-state index contributed by atoms with van der Waals surface area (Å²) in [4.78, 5) is 17.4. The molecule has 3 aromatic carbocycles. The predicted molar refractivity (Wildman–Crippen MR) is 132 cm³/mol. The lowest BCUT2D eigenvalue weighted by Gasteiger charge is -2.45. The smallest absolute Gasteiger partial charge is 0.411 e. The number of hydrogen-bond donors (Lipinski definition) is 0. The number of benzene rings is 3. The minimum Gasteiger partial charge on any atom is -0.438 e. The molecule has 2 heterocycles. The number of amides is 1. The van der Waals surface area contributed by atoms with Gasteiger partial charge in [0.25, 0.3) is 0 Å². The molecule has 4 nitrogen and oxygen atoms in total. The molecule has 2 atom stereocenters. The molecule has 6 heteroatoms. The Hall–Kier alpha value is -3.25. The van der Waals surface area contributed by atoms with Crippen LogP contribution in [0.3, 0.4) is 0 Å².